The fraction of sp³-hybridized carbons (Fsp3) is 0.800. The van der Waals surface area contributed by atoms with Crippen molar-refractivity contribution in [3.8, 4) is 0 Å². The van der Waals surface area contributed by atoms with Crippen LogP contribution in [0.15, 0.2) is 0 Å². The average molecular weight is 154 g/mol. The molecule has 0 amide bonds. The van der Waals surface area contributed by atoms with E-state index in [1.165, 1.54) is 12.8 Å². The van der Waals surface area contributed by atoms with Crippen molar-refractivity contribution in [1.82, 2.24) is 0 Å². The summed E-state index contributed by atoms with van der Waals surface area (Å²) in [4.78, 5) is 0. The Hall–Kier alpha value is -0.0400. The second kappa shape index (κ2) is 3.57. The van der Waals surface area contributed by atoms with Crippen molar-refractivity contribution in [1.29, 1.82) is 0 Å². The fourth-order valence-corrected chi connectivity index (χ4v) is 1.94. The highest BCUT2D eigenvalue weighted by Crippen LogP contribution is 2.41. The van der Waals surface area contributed by atoms with Gasteiger partial charge in [-0.2, -0.15) is 0 Å². The minimum Gasteiger partial charge on any atom is -0.384 e. The molecule has 0 saturated heterocycles. The molecule has 11 heavy (non-hydrogen) atoms. The van der Waals surface area contributed by atoms with Gasteiger partial charge < -0.3 is 4.74 Å². The third-order valence-corrected chi connectivity index (χ3v) is 2.58. The minimum absolute atomic E-state index is 0.330. The second-order valence-electron chi connectivity index (χ2n) is 3.89. The smallest absolute Gasteiger partial charge is 0.0518 e. The van der Waals surface area contributed by atoms with Gasteiger partial charge in [-0.3, -0.25) is 0 Å². The first-order chi connectivity index (χ1) is 5.20. The highest BCUT2D eigenvalue weighted by atomic mass is 16.5. The van der Waals surface area contributed by atoms with Crippen LogP contribution in [0.25, 0.3) is 0 Å². The predicted molar refractivity (Wildman–Crippen MR) is 47.0 cm³/mol. The van der Waals surface area contributed by atoms with Gasteiger partial charge >= 0.3 is 0 Å². The Balaban J connectivity index is 2.37. The molecule has 64 valence electrons. The van der Waals surface area contributed by atoms with Crippen molar-refractivity contribution >= 4 is 0 Å². The zero-order valence-electron chi connectivity index (χ0n) is 7.60. The van der Waals surface area contributed by atoms with Crippen molar-refractivity contribution < 1.29 is 4.74 Å². The second-order valence-corrected chi connectivity index (χ2v) is 3.89. The molecule has 2 radical (unpaired) electrons. The standard InChI is InChI=1S/C10H18O/c1-4-9-5-6-10(2,7-9)8-11-3/h6,9H,1,4-5,7-8H2,2-3H3. The van der Waals surface area contributed by atoms with Gasteiger partial charge in [-0.25, -0.2) is 0 Å². The van der Waals surface area contributed by atoms with Crippen molar-refractivity contribution in [3.63, 3.8) is 0 Å². The van der Waals surface area contributed by atoms with E-state index in [0.717, 1.165) is 18.9 Å². The Kier molecular flexibility index (Phi) is 2.94. The normalized spacial score (nSPS) is 37.9. The van der Waals surface area contributed by atoms with Gasteiger partial charge in [0.05, 0.1) is 6.61 Å². The first kappa shape index (κ1) is 9.05. The Morgan fingerprint density at radius 2 is 2.45 bits per heavy atom. The number of hydrogen-bond acceptors (Lipinski definition) is 1. The Bertz CT molecular complexity index is 122. The monoisotopic (exact) mass is 154 g/mol. The molecule has 0 N–H and O–H groups in total. The summed E-state index contributed by atoms with van der Waals surface area (Å²) in [7, 11) is 1.77. The van der Waals surface area contributed by atoms with Gasteiger partial charge in [-0.05, 0) is 30.6 Å². The molecule has 1 aliphatic carbocycles. The molecule has 0 aliphatic heterocycles. The van der Waals surface area contributed by atoms with E-state index in [0.29, 0.717) is 5.41 Å². The molecule has 1 nitrogen and oxygen atoms in total. The lowest BCUT2D eigenvalue weighted by Gasteiger charge is -2.22. The van der Waals surface area contributed by atoms with Gasteiger partial charge in [-0.15, -0.1) is 0 Å². The molecule has 2 unspecified atom stereocenters. The van der Waals surface area contributed by atoms with Crippen LogP contribution in [0.1, 0.15) is 26.2 Å². The maximum Gasteiger partial charge on any atom is 0.0518 e. The molecule has 0 bridgehead atoms. The van der Waals surface area contributed by atoms with E-state index in [1.54, 1.807) is 7.11 Å². The number of hydrogen-bond donors (Lipinski definition) is 0. The number of rotatable bonds is 3. The first-order valence-corrected chi connectivity index (χ1v) is 4.33. The van der Waals surface area contributed by atoms with E-state index in [-0.39, 0.29) is 0 Å². The molecule has 0 spiro atoms. The van der Waals surface area contributed by atoms with Crippen LogP contribution in [0.5, 0.6) is 0 Å². The highest BCUT2D eigenvalue weighted by Gasteiger charge is 2.34. The Morgan fingerprint density at radius 1 is 1.73 bits per heavy atom. The van der Waals surface area contributed by atoms with E-state index in [2.05, 4.69) is 20.3 Å². The summed E-state index contributed by atoms with van der Waals surface area (Å²) >= 11 is 0. The van der Waals surface area contributed by atoms with Gasteiger partial charge in [0.2, 0.25) is 0 Å². The van der Waals surface area contributed by atoms with Crippen LogP contribution in [0, 0.1) is 24.7 Å². The van der Waals surface area contributed by atoms with Gasteiger partial charge in [0.25, 0.3) is 0 Å². The first-order valence-electron chi connectivity index (χ1n) is 4.33. The summed E-state index contributed by atoms with van der Waals surface area (Å²) in [6, 6.07) is 0. The topological polar surface area (TPSA) is 9.23 Å². The molecule has 0 aromatic heterocycles. The number of methoxy groups -OCH3 is 1. The summed E-state index contributed by atoms with van der Waals surface area (Å²) in [5.41, 5.74) is 0.330. The maximum atomic E-state index is 5.17. The minimum atomic E-state index is 0.330. The summed E-state index contributed by atoms with van der Waals surface area (Å²) in [6.45, 7) is 7.07. The third kappa shape index (κ3) is 2.19. The van der Waals surface area contributed by atoms with Crippen molar-refractivity contribution in [2.24, 2.45) is 11.3 Å². The SMILES string of the molecule is [CH2]CC1C[CH]C(C)(COC)C1. The van der Waals surface area contributed by atoms with Crippen molar-refractivity contribution in [3.05, 3.63) is 13.3 Å². The van der Waals surface area contributed by atoms with E-state index >= 15 is 0 Å². The Morgan fingerprint density at radius 3 is 2.91 bits per heavy atom. The van der Waals surface area contributed by atoms with E-state index in [4.69, 9.17) is 4.74 Å². The van der Waals surface area contributed by atoms with Crippen LogP contribution in [-0.4, -0.2) is 13.7 Å². The zero-order valence-corrected chi connectivity index (χ0v) is 7.60. The summed E-state index contributed by atoms with van der Waals surface area (Å²) in [6.07, 6.45) is 5.94. The molecular formula is C10H18O. The average Bonchev–Trinajstić information content (AvgIpc) is 2.33. The van der Waals surface area contributed by atoms with Crippen LogP contribution < -0.4 is 0 Å². The van der Waals surface area contributed by atoms with Crippen molar-refractivity contribution in [2.45, 2.75) is 26.2 Å². The Labute approximate surface area is 70.1 Å². The molecule has 1 heteroatoms. The van der Waals surface area contributed by atoms with Gasteiger partial charge in [0.1, 0.15) is 0 Å². The molecule has 1 rings (SSSR count). The van der Waals surface area contributed by atoms with Crippen LogP contribution in [0.4, 0.5) is 0 Å². The molecule has 1 aliphatic rings. The molecular weight excluding hydrogens is 136 g/mol. The highest BCUT2D eigenvalue weighted by molar-refractivity contribution is 4.98. The molecule has 0 heterocycles. The van der Waals surface area contributed by atoms with Crippen LogP contribution in [0.2, 0.25) is 0 Å². The lowest BCUT2D eigenvalue weighted by Crippen LogP contribution is -2.19. The predicted octanol–water partition coefficient (Wildman–Crippen LogP) is 2.48. The van der Waals surface area contributed by atoms with Crippen LogP contribution in [-0.2, 0) is 4.74 Å². The van der Waals surface area contributed by atoms with Crippen LogP contribution >= 0.6 is 0 Å². The van der Waals surface area contributed by atoms with Gasteiger partial charge in [0.15, 0.2) is 0 Å². The molecule has 2 atom stereocenters. The summed E-state index contributed by atoms with van der Waals surface area (Å²) < 4.78 is 5.17. The van der Waals surface area contributed by atoms with Gasteiger partial charge in [0, 0.05) is 7.11 Å². The van der Waals surface area contributed by atoms with Crippen molar-refractivity contribution in [2.75, 3.05) is 13.7 Å². The van der Waals surface area contributed by atoms with Gasteiger partial charge in [-0.1, -0.05) is 20.3 Å². The summed E-state index contributed by atoms with van der Waals surface area (Å²) in [5, 5.41) is 0. The lowest BCUT2D eigenvalue weighted by atomic mass is 9.88. The molecule has 1 saturated carbocycles. The quantitative estimate of drug-likeness (QED) is 0.607. The largest absolute Gasteiger partial charge is 0.384 e. The van der Waals surface area contributed by atoms with E-state index in [9.17, 15) is 0 Å². The van der Waals surface area contributed by atoms with Crippen LogP contribution in [0.3, 0.4) is 0 Å². The summed E-state index contributed by atoms with van der Waals surface area (Å²) in [5.74, 6) is 0.801. The maximum absolute atomic E-state index is 5.17. The molecule has 0 aromatic carbocycles. The van der Waals surface area contributed by atoms with E-state index in [1.807, 2.05) is 0 Å². The molecule has 1 fully saturated rings. The zero-order chi connectivity index (χ0) is 8.32. The molecule has 0 aromatic rings. The fourth-order valence-electron chi connectivity index (χ4n) is 1.94. The third-order valence-electron chi connectivity index (χ3n) is 2.58. The lowest BCUT2D eigenvalue weighted by molar-refractivity contribution is 0.112. The van der Waals surface area contributed by atoms with E-state index < -0.39 is 0 Å². The number of ether oxygens (including phenoxy) is 1.